The van der Waals surface area contributed by atoms with E-state index in [1.165, 1.54) is 23.3 Å². The summed E-state index contributed by atoms with van der Waals surface area (Å²) in [5.74, 6) is 0.876. The molecule has 1 saturated carbocycles. The number of thiazole rings is 1. The highest BCUT2D eigenvalue weighted by molar-refractivity contribution is 7.15. The van der Waals surface area contributed by atoms with Gasteiger partial charge in [-0.15, -0.1) is 11.3 Å². The highest BCUT2D eigenvalue weighted by atomic mass is 32.1. The van der Waals surface area contributed by atoms with Crippen LogP contribution in [0, 0.1) is 12.8 Å². The summed E-state index contributed by atoms with van der Waals surface area (Å²) in [4.78, 5) is 5.47. The third-order valence-corrected chi connectivity index (χ3v) is 3.64. The molecule has 2 heterocycles. The van der Waals surface area contributed by atoms with Crippen molar-refractivity contribution in [3.05, 3.63) is 23.6 Å². The van der Waals surface area contributed by atoms with E-state index in [1.54, 1.807) is 11.3 Å². The van der Waals surface area contributed by atoms with E-state index in [9.17, 15) is 0 Å². The van der Waals surface area contributed by atoms with Crippen LogP contribution in [0.4, 0.5) is 0 Å². The molecule has 0 amide bonds. The minimum Gasteiger partial charge on any atom is -0.272 e. The van der Waals surface area contributed by atoms with Gasteiger partial charge in [-0.25, -0.2) is 4.98 Å². The minimum absolute atomic E-state index is 0.876. The number of hydrogen-bond acceptors (Lipinski definition) is 3. The second kappa shape index (κ2) is 5.45. The molecule has 0 aliphatic heterocycles. The van der Waals surface area contributed by atoms with Crippen molar-refractivity contribution in [2.45, 2.75) is 40.2 Å². The van der Waals surface area contributed by atoms with Crippen LogP contribution in [0.5, 0.6) is 0 Å². The zero-order valence-electron chi connectivity index (χ0n) is 10.7. The van der Waals surface area contributed by atoms with E-state index in [0.29, 0.717) is 0 Å². The van der Waals surface area contributed by atoms with Crippen LogP contribution in [0.25, 0.3) is 10.4 Å². The maximum absolute atomic E-state index is 4.38. The van der Waals surface area contributed by atoms with Gasteiger partial charge in [0.25, 0.3) is 0 Å². The van der Waals surface area contributed by atoms with Crippen molar-refractivity contribution >= 4 is 11.3 Å². The van der Waals surface area contributed by atoms with Crippen LogP contribution in [0.15, 0.2) is 18.6 Å². The quantitative estimate of drug-likeness (QED) is 0.829. The Kier molecular flexibility index (Phi) is 3.94. The van der Waals surface area contributed by atoms with Crippen LogP contribution in [-0.4, -0.2) is 14.8 Å². The molecule has 0 N–H and O–H groups in total. The molecule has 0 aromatic carbocycles. The Bertz CT molecular complexity index is 468. The molecule has 0 bridgehead atoms. The van der Waals surface area contributed by atoms with E-state index >= 15 is 0 Å². The lowest BCUT2D eigenvalue weighted by Crippen LogP contribution is -1.98. The van der Waals surface area contributed by atoms with Gasteiger partial charge in [-0.2, -0.15) is 5.10 Å². The normalized spacial score (nSPS) is 14.3. The van der Waals surface area contributed by atoms with Gasteiger partial charge in [-0.3, -0.25) is 4.68 Å². The zero-order chi connectivity index (χ0) is 12.3. The van der Waals surface area contributed by atoms with Crippen molar-refractivity contribution in [1.29, 1.82) is 0 Å². The van der Waals surface area contributed by atoms with Crippen molar-refractivity contribution in [3.63, 3.8) is 0 Å². The summed E-state index contributed by atoms with van der Waals surface area (Å²) >= 11 is 1.72. The molecule has 3 nitrogen and oxygen atoms in total. The lowest BCUT2D eigenvalue weighted by atomic mass is 10.3. The molecule has 0 radical (unpaired) electrons. The topological polar surface area (TPSA) is 30.7 Å². The van der Waals surface area contributed by atoms with E-state index < -0.39 is 0 Å². The molecular formula is C13H19N3S. The molecule has 0 saturated heterocycles. The van der Waals surface area contributed by atoms with Gasteiger partial charge < -0.3 is 0 Å². The smallest absolute Gasteiger partial charge is 0.0900 e. The fourth-order valence-corrected chi connectivity index (χ4v) is 2.40. The third kappa shape index (κ3) is 3.16. The Morgan fingerprint density at radius 1 is 1.35 bits per heavy atom. The van der Waals surface area contributed by atoms with Gasteiger partial charge in [0.2, 0.25) is 0 Å². The summed E-state index contributed by atoms with van der Waals surface area (Å²) in [6.07, 6.45) is 8.74. The van der Waals surface area contributed by atoms with Gasteiger partial charge in [-0.1, -0.05) is 13.8 Å². The van der Waals surface area contributed by atoms with Gasteiger partial charge in [0.1, 0.15) is 0 Å². The average Bonchev–Trinajstić information content (AvgIpc) is 2.86. The molecule has 2 aromatic heterocycles. The summed E-state index contributed by atoms with van der Waals surface area (Å²) in [5.41, 5.74) is 1.20. The van der Waals surface area contributed by atoms with E-state index in [2.05, 4.69) is 21.0 Å². The fraction of sp³-hybridized carbons (Fsp3) is 0.538. The molecule has 3 rings (SSSR count). The van der Waals surface area contributed by atoms with Crippen LogP contribution in [0.3, 0.4) is 0 Å². The Morgan fingerprint density at radius 2 is 2.12 bits per heavy atom. The van der Waals surface area contributed by atoms with Crippen LogP contribution in [-0.2, 0) is 6.54 Å². The molecule has 0 atom stereocenters. The second-order valence-electron chi connectivity index (χ2n) is 4.14. The van der Waals surface area contributed by atoms with Gasteiger partial charge >= 0.3 is 0 Å². The Balaban J connectivity index is 0.000000514. The number of aryl methyl sites for hydroxylation is 1. The fourth-order valence-electron chi connectivity index (χ4n) is 1.65. The number of aromatic nitrogens is 3. The minimum atomic E-state index is 0.876. The number of rotatable bonds is 3. The first-order chi connectivity index (χ1) is 8.31. The van der Waals surface area contributed by atoms with Crippen molar-refractivity contribution in [2.24, 2.45) is 5.92 Å². The van der Waals surface area contributed by atoms with E-state index in [1.807, 2.05) is 33.2 Å². The van der Waals surface area contributed by atoms with Gasteiger partial charge in [0.15, 0.2) is 0 Å². The SMILES string of the molecule is CC.Cc1ncc(-c2cnn(CC3CC3)c2)s1. The molecule has 2 aromatic rings. The van der Waals surface area contributed by atoms with Crippen LogP contribution >= 0.6 is 11.3 Å². The Morgan fingerprint density at radius 3 is 2.71 bits per heavy atom. The largest absolute Gasteiger partial charge is 0.272 e. The average molecular weight is 249 g/mol. The first-order valence-corrected chi connectivity index (χ1v) is 7.08. The van der Waals surface area contributed by atoms with E-state index in [4.69, 9.17) is 0 Å². The maximum atomic E-state index is 4.38. The zero-order valence-corrected chi connectivity index (χ0v) is 11.5. The molecule has 0 unspecified atom stereocenters. The van der Waals surface area contributed by atoms with Crippen molar-refractivity contribution in [1.82, 2.24) is 14.8 Å². The van der Waals surface area contributed by atoms with Crippen LogP contribution in [0.2, 0.25) is 0 Å². The van der Waals surface area contributed by atoms with Crippen LogP contribution < -0.4 is 0 Å². The molecule has 0 spiro atoms. The highest BCUT2D eigenvalue weighted by Crippen LogP contribution is 2.31. The highest BCUT2D eigenvalue weighted by Gasteiger charge is 2.22. The number of hydrogen-bond donors (Lipinski definition) is 0. The Labute approximate surface area is 107 Å². The summed E-state index contributed by atoms with van der Waals surface area (Å²) in [6, 6.07) is 0. The molecule has 4 heteroatoms. The van der Waals surface area contributed by atoms with Crippen molar-refractivity contribution in [2.75, 3.05) is 0 Å². The van der Waals surface area contributed by atoms with E-state index in [0.717, 1.165) is 17.5 Å². The Hall–Kier alpha value is -1.16. The summed E-state index contributed by atoms with van der Waals surface area (Å²) in [6.45, 7) is 7.11. The van der Waals surface area contributed by atoms with Gasteiger partial charge in [-0.05, 0) is 25.7 Å². The molecule has 1 fully saturated rings. The van der Waals surface area contributed by atoms with Crippen molar-refractivity contribution < 1.29 is 0 Å². The summed E-state index contributed by atoms with van der Waals surface area (Å²) in [5, 5.41) is 5.49. The number of nitrogens with zero attached hydrogens (tertiary/aromatic N) is 3. The third-order valence-electron chi connectivity index (χ3n) is 2.68. The lowest BCUT2D eigenvalue weighted by molar-refractivity contribution is 0.563. The second-order valence-corrected chi connectivity index (χ2v) is 5.37. The van der Waals surface area contributed by atoms with Crippen LogP contribution in [0.1, 0.15) is 31.7 Å². The monoisotopic (exact) mass is 249 g/mol. The summed E-state index contributed by atoms with van der Waals surface area (Å²) in [7, 11) is 0. The predicted molar refractivity (Wildman–Crippen MR) is 72.1 cm³/mol. The van der Waals surface area contributed by atoms with E-state index in [-0.39, 0.29) is 0 Å². The van der Waals surface area contributed by atoms with Crippen molar-refractivity contribution in [3.8, 4) is 10.4 Å². The molecule has 1 aliphatic rings. The molecule has 92 valence electrons. The lowest BCUT2D eigenvalue weighted by Gasteiger charge is -1.96. The van der Waals surface area contributed by atoms with Gasteiger partial charge in [0, 0.05) is 24.5 Å². The first kappa shape index (κ1) is 12.3. The van der Waals surface area contributed by atoms with Gasteiger partial charge in [0.05, 0.1) is 16.1 Å². The predicted octanol–water partition coefficient (Wildman–Crippen LogP) is 3.75. The summed E-state index contributed by atoms with van der Waals surface area (Å²) < 4.78 is 2.06. The molecule has 1 aliphatic carbocycles. The molecular weight excluding hydrogens is 230 g/mol. The standard InChI is InChI=1S/C11H13N3S.C2H6/c1-8-12-5-11(15-8)10-4-13-14(7-10)6-9-2-3-9;1-2/h4-5,7,9H,2-3,6H2,1H3;1-2H3. The maximum Gasteiger partial charge on any atom is 0.0900 e. The first-order valence-electron chi connectivity index (χ1n) is 6.26. The molecule has 17 heavy (non-hydrogen) atoms.